The maximum atomic E-state index is 12.7. The van der Waals surface area contributed by atoms with Crippen molar-refractivity contribution in [2.75, 3.05) is 20.2 Å². The van der Waals surface area contributed by atoms with Crippen molar-refractivity contribution < 1.29 is 17.9 Å². The molecule has 2 N–H and O–H groups in total. The molecule has 1 saturated heterocycles. The molecular formula is C16H22N2O4S. The monoisotopic (exact) mass is 338 g/mol. The van der Waals surface area contributed by atoms with Gasteiger partial charge in [-0.1, -0.05) is 18.2 Å². The lowest BCUT2D eigenvalue weighted by atomic mass is 9.98. The minimum Gasteiger partial charge on any atom is -0.465 e. The summed E-state index contributed by atoms with van der Waals surface area (Å²) < 4.78 is 31.7. The van der Waals surface area contributed by atoms with Crippen LogP contribution in [0, 0.1) is 11.8 Å². The third kappa shape index (κ3) is 3.13. The van der Waals surface area contributed by atoms with Crippen LogP contribution in [0.5, 0.6) is 0 Å². The third-order valence-electron chi connectivity index (χ3n) is 5.03. The number of methoxy groups -OCH3 is 1. The highest BCUT2D eigenvalue weighted by atomic mass is 32.2. The van der Waals surface area contributed by atoms with Crippen LogP contribution in [0.4, 0.5) is 0 Å². The van der Waals surface area contributed by atoms with E-state index in [1.54, 1.807) is 24.3 Å². The number of hydrogen-bond acceptors (Lipinski definition) is 5. The highest BCUT2D eigenvalue weighted by Gasteiger charge is 2.44. The predicted molar refractivity (Wildman–Crippen MR) is 86.2 cm³/mol. The molecule has 2 aliphatic rings. The maximum Gasteiger partial charge on any atom is 0.338 e. The number of carbonyl (C=O) groups is 1. The number of fused-ring (bicyclic) bond motifs is 1. The number of sulfonamides is 1. The van der Waals surface area contributed by atoms with Crippen LogP contribution in [0.1, 0.15) is 28.8 Å². The third-order valence-corrected chi connectivity index (χ3v) is 6.79. The van der Waals surface area contributed by atoms with Gasteiger partial charge < -0.3 is 10.5 Å². The summed E-state index contributed by atoms with van der Waals surface area (Å²) >= 11 is 0. The molecule has 126 valence electrons. The Kier molecular flexibility index (Phi) is 4.44. The van der Waals surface area contributed by atoms with Gasteiger partial charge in [-0.2, -0.15) is 0 Å². The molecule has 0 bridgehead atoms. The van der Waals surface area contributed by atoms with Crippen LogP contribution in [0.25, 0.3) is 0 Å². The van der Waals surface area contributed by atoms with Crippen LogP contribution in [0.15, 0.2) is 24.3 Å². The van der Waals surface area contributed by atoms with E-state index in [4.69, 9.17) is 10.5 Å². The lowest BCUT2D eigenvalue weighted by Gasteiger charge is -2.19. The van der Waals surface area contributed by atoms with Crippen molar-refractivity contribution in [3.8, 4) is 0 Å². The largest absolute Gasteiger partial charge is 0.465 e. The van der Waals surface area contributed by atoms with Gasteiger partial charge in [0.15, 0.2) is 0 Å². The van der Waals surface area contributed by atoms with Gasteiger partial charge in [0, 0.05) is 19.1 Å². The number of nitrogens with two attached hydrogens (primary N) is 1. The van der Waals surface area contributed by atoms with E-state index in [9.17, 15) is 13.2 Å². The number of hydrogen-bond donors (Lipinski definition) is 1. The quantitative estimate of drug-likeness (QED) is 0.826. The van der Waals surface area contributed by atoms with Crippen molar-refractivity contribution in [3.63, 3.8) is 0 Å². The Bertz CT molecular complexity index is 704. The zero-order chi connectivity index (χ0) is 16.6. The van der Waals surface area contributed by atoms with E-state index in [2.05, 4.69) is 0 Å². The van der Waals surface area contributed by atoms with Gasteiger partial charge in [-0.05, 0) is 36.3 Å². The summed E-state index contributed by atoms with van der Waals surface area (Å²) in [6.45, 7) is 1.04. The lowest BCUT2D eigenvalue weighted by molar-refractivity contribution is 0.0600. The first-order valence-corrected chi connectivity index (χ1v) is 9.43. The van der Waals surface area contributed by atoms with Crippen molar-refractivity contribution in [2.45, 2.75) is 24.6 Å². The first-order valence-electron chi connectivity index (χ1n) is 7.82. The van der Waals surface area contributed by atoms with Crippen molar-refractivity contribution in [1.29, 1.82) is 0 Å². The zero-order valence-electron chi connectivity index (χ0n) is 13.1. The number of esters is 1. The van der Waals surface area contributed by atoms with Gasteiger partial charge in [-0.25, -0.2) is 17.5 Å². The Morgan fingerprint density at radius 3 is 2.74 bits per heavy atom. The highest BCUT2D eigenvalue weighted by molar-refractivity contribution is 7.88. The minimum atomic E-state index is -3.47. The number of carbonyl (C=O) groups excluding carboxylic acids is 1. The molecule has 0 radical (unpaired) electrons. The summed E-state index contributed by atoms with van der Waals surface area (Å²) in [6, 6.07) is 6.77. The first-order chi connectivity index (χ1) is 10.9. The van der Waals surface area contributed by atoms with Gasteiger partial charge in [-0.15, -0.1) is 0 Å². The van der Waals surface area contributed by atoms with E-state index in [-0.39, 0.29) is 17.7 Å². The lowest BCUT2D eigenvalue weighted by Crippen LogP contribution is -2.34. The summed E-state index contributed by atoms with van der Waals surface area (Å²) in [4.78, 5) is 11.8. The molecule has 1 heterocycles. The number of benzene rings is 1. The van der Waals surface area contributed by atoms with E-state index in [1.807, 2.05) is 0 Å². The number of ether oxygens (including phenoxy) is 1. The number of nitrogens with zero attached hydrogens (tertiary/aromatic N) is 1. The van der Waals surface area contributed by atoms with Crippen molar-refractivity contribution in [3.05, 3.63) is 35.4 Å². The fraction of sp³-hybridized carbons (Fsp3) is 0.562. The van der Waals surface area contributed by atoms with Gasteiger partial charge in [-0.3, -0.25) is 0 Å². The van der Waals surface area contributed by atoms with Gasteiger partial charge in [0.1, 0.15) is 0 Å². The van der Waals surface area contributed by atoms with Gasteiger partial charge in [0.05, 0.1) is 18.4 Å². The standard InChI is InChI=1S/C16H22N2O4S/c1-22-16(19)13-5-3-2-4-12(13)10-23(20,21)18-8-11-6-7-15(17)14(11)9-18/h2-5,11,14-15H,6-10,17H2,1H3. The molecule has 3 rings (SSSR count). The molecule has 0 spiro atoms. The van der Waals surface area contributed by atoms with E-state index >= 15 is 0 Å². The second-order valence-electron chi connectivity index (χ2n) is 6.39. The molecule has 3 unspecified atom stereocenters. The van der Waals surface area contributed by atoms with E-state index in [0.29, 0.717) is 30.1 Å². The van der Waals surface area contributed by atoms with Crippen LogP contribution in [0.2, 0.25) is 0 Å². The summed E-state index contributed by atoms with van der Waals surface area (Å²) in [7, 11) is -2.18. The second-order valence-corrected chi connectivity index (χ2v) is 8.36. The minimum absolute atomic E-state index is 0.0996. The van der Waals surface area contributed by atoms with E-state index in [0.717, 1.165) is 12.8 Å². The smallest absolute Gasteiger partial charge is 0.338 e. The SMILES string of the molecule is COC(=O)c1ccccc1CS(=O)(=O)N1CC2CCC(N)C2C1. The fourth-order valence-electron chi connectivity index (χ4n) is 3.74. The van der Waals surface area contributed by atoms with Crippen LogP contribution in [-0.2, 0) is 20.5 Å². The summed E-state index contributed by atoms with van der Waals surface area (Å²) in [5, 5.41) is 0. The molecule has 0 amide bonds. The Labute approximate surface area is 136 Å². The fourth-order valence-corrected chi connectivity index (χ4v) is 5.38. The summed E-state index contributed by atoms with van der Waals surface area (Å²) in [6.07, 6.45) is 1.98. The van der Waals surface area contributed by atoms with Gasteiger partial charge >= 0.3 is 5.97 Å². The van der Waals surface area contributed by atoms with Crippen LogP contribution in [0.3, 0.4) is 0 Å². The molecule has 0 aromatic heterocycles. The van der Waals surface area contributed by atoms with Crippen molar-refractivity contribution in [2.24, 2.45) is 17.6 Å². The van der Waals surface area contributed by atoms with Gasteiger partial charge in [0.25, 0.3) is 0 Å². The Morgan fingerprint density at radius 2 is 2.04 bits per heavy atom. The molecule has 1 aliphatic carbocycles. The van der Waals surface area contributed by atoms with Gasteiger partial charge in [0.2, 0.25) is 10.0 Å². The predicted octanol–water partition coefficient (Wildman–Crippen LogP) is 0.972. The topological polar surface area (TPSA) is 89.7 Å². The van der Waals surface area contributed by atoms with Crippen molar-refractivity contribution in [1.82, 2.24) is 4.31 Å². The summed E-state index contributed by atoms with van der Waals surface area (Å²) in [5.41, 5.74) is 6.85. The van der Waals surface area contributed by atoms with Crippen LogP contribution >= 0.6 is 0 Å². The molecular weight excluding hydrogens is 316 g/mol. The molecule has 6 nitrogen and oxygen atoms in total. The molecule has 1 aromatic rings. The van der Waals surface area contributed by atoms with E-state index in [1.165, 1.54) is 11.4 Å². The van der Waals surface area contributed by atoms with Crippen molar-refractivity contribution >= 4 is 16.0 Å². The van der Waals surface area contributed by atoms with Crippen LogP contribution < -0.4 is 5.73 Å². The molecule has 7 heteroatoms. The molecule has 2 fully saturated rings. The Balaban J connectivity index is 1.79. The highest BCUT2D eigenvalue weighted by Crippen LogP contribution is 2.38. The molecule has 1 aromatic carbocycles. The number of rotatable bonds is 4. The molecule has 23 heavy (non-hydrogen) atoms. The normalized spacial score (nSPS) is 27.8. The Morgan fingerprint density at radius 1 is 1.30 bits per heavy atom. The maximum absolute atomic E-state index is 12.7. The Hall–Kier alpha value is -1.44. The average Bonchev–Trinajstić information content (AvgIpc) is 3.10. The van der Waals surface area contributed by atoms with Crippen LogP contribution in [-0.4, -0.2) is 44.9 Å². The zero-order valence-corrected chi connectivity index (χ0v) is 14.0. The second kappa shape index (κ2) is 6.22. The molecule has 3 atom stereocenters. The summed E-state index contributed by atoms with van der Waals surface area (Å²) in [5.74, 6) is -0.0696. The molecule has 1 saturated carbocycles. The average molecular weight is 338 g/mol. The van der Waals surface area contributed by atoms with E-state index < -0.39 is 16.0 Å². The molecule has 1 aliphatic heterocycles. The first kappa shape index (κ1) is 16.4.